The molecule has 39 heavy (non-hydrogen) atoms. The lowest BCUT2D eigenvalue weighted by molar-refractivity contribution is -0.159. The van der Waals surface area contributed by atoms with Gasteiger partial charge in [-0.15, -0.1) is 0 Å². The predicted octanol–water partition coefficient (Wildman–Crippen LogP) is 1.72. The van der Waals surface area contributed by atoms with E-state index in [4.69, 9.17) is 19.9 Å². The van der Waals surface area contributed by atoms with Crippen molar-refractivity contribution in [2.75, 3.05) is 52.5 Å². The van der Waals surface area contributed by atoms with Crippen LogP contribution in [0.5, 0.6) is 0 Å². The topological polar surface area (TPSA) is 140 Å². The van der Waals surface area contributed by atoms with Gasteiger partial charge < -0.3 is 35.1 Å². The number of piperidine rings is 1. The largest absolute Gasteiger partial charge is 0.462 e. The van der Waals surface area contributed by atoms with Crippen LogP contribution in [0.15, 0.2) is 0 Å². The first-order valence-electron chi connectivity index (χ1n) is 14.0. The van der Waals surface area contributed by atoms with E-state index in [9.17, 15) is 19.2 Å². The summed E-state index contributed by atoms with van der Waals surface area (Å²) in [6, 6.07) is 0.0526. The fourth-order valence-corrected chi connectivity index (χ4v) is 4.93. The molecule has 0 saturated carbocycles. The molecule has 0 aliphatic carbocycles. The summed E-state index contributed by atoms with van der Waals surface area (Å²) in [5, 5.41) is 2.90. The van der Waals surface area contributed by atoms with Crippen molar-refractivity contribution in [1.82, 2.24) is 15.1 Å². The van der Waals surface area contributed by atoms with Crippen LogP contribution in [0.25, 0.3) is 0 Å². The van der Waals surface area contributed by atoms with Gasteiger partial charge in [-0.1, -0.05) is 20.8 Å². The smallest absolute Gasteiger partial charge is 0.303 e. The number of ether oxygens (including phenoxy) is 3. The molecule has 1 fully saturated rings. The summed E-state index contributed by atoms with van der Waals surface area (Å²) in [4.78, 5) is 52.2. The zero-order valence-corrected chi connectivity index (χ0v) is 25.3. The standard InChI is InChI=1S/C28H52N4O7/c1-20(2)32(26(36)28(8,29)19-27(5,6)7)15-14-31-12-9-23(10-13-31)25(35)30-11-16-37-17-24(39-22(4)34)18-38-21(3)33/h20,23-24H,9-19,29H2,1-8H3,(H,30,35). The summed E-state index contributed by atoms with van der Waals surface area (Å²) >= 11 is 0. The Bertz CT molecular complexity index is 802. The molecule has 1 saturated heterocycles. The van der Waals surface area contributed by atoms with Gasteiger partial charge in [-0.25, -0.2) is 0 Å². The molecule has 0 radical (unpaired) electrons. The Kier molecular flexibility index (Phi) is 14.4. The minimum absolute atomic E-state index is 0.00485. The molecular formula is C28H52N4O7. The first kappa shape index (κ1) is 34.8. The van der Waals surface area contributed by atoms with Gasteiger partial charge in [-0.3, -0.25) is 19.2 Å². The molecule has 0 spiro atoms. The summed E-state index contributed by atoms with van der Waals surface area (Å²) in [5.74, 6) is -1.05. The summed E-state index contributed by atoms with van der Waals surface area (Å²) in [6.07, 6.45) is 1.41. The first-order valence-corrected chi connectivity index (χ1v) is 14.0. The molecule has 226 valence electrons. The minimum atomic E-state index is -0.916. The maximum atomic E-state index is 13.3. The van der Waals surface area contributed by atoms with Gasteiger partial charge in [0.1, 0.15) is 6.61 Å². The summed E-state index contributed by atoms with van der Waals surface area (Å²) < 4.78 is 15.4. The molecule has 11 heteroatoms. The van der Waals surface area contributed by atoms with Gasteiger partial charge >= 0.3 is 11.9 Å². The molecule has 11 nitrogen and oxygen atoms in total. The number of hydrogen-bond acceptors (Lipinski definition) is 9. The van der Waals surface area contributed by atoms with Crippen LogP contribution in [0.4, 0.5) is 0 Å². The Morgan fingerprint density at radius 1 is 1.03 bits per heavy atom. The number of nitrogens with two attached hydrogens (primary N) is 1. The van der Waals surface area contributed by atoms with Crippen molar-refractivity contribution < 1.29 is 33.4 Å². The number of likely N-dealkylation sites (tertiary alicyclic amines) is 1. The second-order valence-corrected chi connectivity index (χ2v) is 12.3. The van der Waals surface area contributed by atoms with E-state index in [-0.39, 0.29) is 49.0 Å². The van der Waals surface area contributed by atoms with E-state index in [1.165, 1.54) is 13.8 Å². The molecule has 0 aromatic carbocycles. The maximum absolute atomic E-state index is 13.3. The zero-order chi connectivity index (χ0) is 29.8. The molecule has 1 aliphatic heterocycles. The highest BCUT2D eigenvalue weighted by atomic mass is 16.6. The van der Waals surface area contributed by atoms with Gasteiger partial charge in [0.05, 0.1) is 18.8 Å². The molecule has 0 aromatic heterocycles. The fourth-order valence-electron chi connectivity index (χ4n) is 4.93. The summed E-state index contributed by atoms with van der Waals surface area (Å²) in [6.45, 7) is 18.2. The van der Waals surface area contributed by atoms with Crippen LogP contribution in [-0.2, 0) is 33.4 Å². The van der Waals surface area contributed by atoms with Crippen LogP contribution in [0.1, 0.15) is 74.7 Å². The molecule has 3 N–H and O–H groups in total. The number of esters is 2. The molecule has 1 heterocycles. The third-order valence-corrected chi connectivity index (χ3v) is 6.54. The van der Waals surface area contributed by atoms with Gasteiger partial charge in [0.25, 0.3) is 0 Å². The number of carbonyl (C=O) groups excluding carboxylic acids is 4. The van der Waals surface area contributed by atoms with Gasteiger partial charge in [0, 0.05) is 45.4 Å². The van der Waals surface area contributed by atoms with Gasteiger partial charge in [-0.05, 0) is 58.5 Å². The van der Waals surface area contributed by atoms with E-state index in [0.717, 1.165) is 32.5 Å². The normalized spacial score (nSPS) is 17.3. The summed E-state index contributed by atoms with van der Waals surface area (Å²) in [7, 11) is 0. The molecule has 2 amide bonds. The zero-order valence-electron chi connectivity index (χ0n) is 25.3. The van der Waals surface area contributed by atoms with Gasteiger partial charge in [0.15, 0.2) is 6.10 Å². The summed E-state index contributed by atoms with van der Waals surface area (Å²) in [5.41, 5.74) is 5.50. The van der Waals surface area contributed by atoms with Crippen LogP contribution in [0, 0.1) is 11.3 Å². The van der Waals surface area contributed by atoms with Crippen molar-refractivity contribution in [2.24, 2.45) is 17.1 Å². The van der Waals surface area contributed by atoms with E-state index in [2.05, 4.69) is 31.0 Å². The lowest BCUT2D eigenvalue weighted by Crippen LogP contribution is -2.58. The molecular weight excluding hydrogens is 504 g/mol. The van der Waals surface area contributed by atoms with E-state index < -0.39 is 23.6 Å². The number of carbonyl (C=O) groups is 4. The lowest BCUT2D eigenvalue weighted by atomic mass is 9.80. The molecule has 0 bridgehead atoms. The molecule has 0 aromatic rings. The van der Waals surface area contributed by atoms with E-state index in [1.807, 2.05) is 25.7 Å². The number of amides is 2. The second-order valence-electron chi connectivity index (χ2n) is 12.3. The average Bonchev–Trinajstić information content (AvgIpc) is 2.80. The van der Waals surface area contributed by atoms with Crippen molar-refractivity contribution in [2.45, 2.75) is 92.3 Å². The number of hydrogen-bond donors (Lipinski definition) is 2. The molecule has 1 aliphatic rings. The monoisotopic (exact) mass is 556 g/mol. The van der Waals surface area contributed by atoms with Crippen LogP contribution in [-0.4, -0.2) is 104 Å². The number of rotatable bonds is 15. The van der Waals surface area contributed by atoms with Crippen LogP contribution < -0.4 is 11.1 Å². The van der Waals surface area contributed by atoms with Crippen molar-refractivity contribution in [3.05, 3.63) is 0 Å². The highest BCUT2D eigenvalue weighted by molar-refractivity contribution is 5.86. The Morgan fingerprint density at radius 2 is 1.64 bits per heavy atom. The second kappa shape index (κ2) is 16.1. The Labute approximate surface area is 234 Å². The number of nitrogens with zero attached hydrogens (tertiary/aromatic N) is 2. The molecule has 2 atom stereocenters. The fraction of sp³-hybridized carbons (Fsp3) is 0.857. The van der Waals surface area contributed by atoms with Gasteiger partial charge in [-0.2, -0.15) is 0 Å². The van der Waals surface area contributed by atoms with Crippen molar-refractivity contribution in [3.63, 3.8) is 0 Å². The van der Waals surface area contributed by atoms with Gasteiger partial charge in [0.2, 0.25) is 11.8 Å². The van der Waals surface area contributed by atoms with Crippen molar-refractivity contribution >= 4 is 23.8 Å². The predicted molar refractivity (Wildman–Crippen MR) is 149 cm³/mol. The average molecular weight is 557 g/mol. The van der Waals surface area contributed by atoms with Crippen LogP contribution >= 0.6 is 0 Å². The van der Waals surface area contributed by atoms with Crippen LogP contribution in [0.2, 0.25) is 0 Å². The van der Waals surface area contributed by atoms with E-state index >= 15 is 0 Å². The third kappa shape index (κ3) is 14.1. The Balaban J connectivity index is 2.40. The maximum Gasteiger partial charge on any atom is 0.303 e. The third-order valence-electron chi connectivity index (χ3n) is 6.54. The number of nitrogens with one attached hydrogen (secondary N) is 1. The Hall–Kier alpha value is -2.24. The highest BCUT2D eigenvalue weighted by Gasteiger charge is 2.37. The van der Waals surface area contributed by atoms with E-state index in [1.54, 1.807) is 0 Å². The quantitative estimate of drug-likeness (QED) is 0.228. The van der Waals surface area contributed by atoms with E-state index in [0.29, 0.717) is 19.5 Å². The Morgan fingerprint density at radius 3 is 2.15 bits per heavy atom. The van der Waals surface area contributed by atoms with Crippen molar-refractivity contribution in [1.29, 1.82) is 0 Å². The first-order chi connectivity index (χ1) is 18.0. The van der Waals surface area contributed by atoms with Crippen LogP contribution in [0.3, 0.4) is 0 Å². The molecule has 2 unspecified atom stereocenters. The lowest BCUT2D eigenvalue weighted by Gasteiger charge is -2.39. The van der Waals surface area contributed by atoms with Crippen molar-refractivity contribution in [3.8, 4) is 0 Å². The molecule has 1 rings (SSSR count). The highest BCUT2D eigenvalue weighted by Crippen LogP contribution is 2.27. The minimum Gasteiger partial charge on any atom is -0.462 e. The SMILES string of the molecule is CC(=O)OCC(COCCNC(=O)C1CCN(CCN(C(=O)C(C)(N)CC(C)(C)C)C(C)C)CC1)OC(C)=O.